The zero-order chi connectivity index (χ0) is 26.6. The van der Waals surface area contributed by atoms with Gasteiger partial charge in [-0.2, -0.15) is 0 Å². The standard InChI is InChI=1S/C32H34N4O2/c1-22(2)26(31(37)35-16-4-5-17-35)11-8-10-25-21-33-29-13-9-12-28(30(29)34-25)24-14-15-27(23(3)20-24)32(38)36-18-6-7-19-36/h8-15,20-21H,1,4-7,16-19H2,2-3H3/b10-8+,26-11+. The third kappa shape index (κ3) is 5.30. The second-order valence-electron chi connectivity index (χ2n) is 10.2. The molecule has 2 amide bonds. The molecule has 2 aliphatic heterocycles. The Morgan fingerprint density at radius 3 is 2.37 bits per heavy atom. The summed E-state index contributed by atoms with van der Waals surface area (Å²) in [5, 5.41) is 0. The minimum absolute atomic E-state index is 0.0357. The Morgan fingerprint density at radius 1 is 0.974 bits per heavy atom. The van der Waals surface area contributed by atoms with Crippen LogP contribution >= 0.6 is 0 Å². The van der Waals surface area contributed by atoms with Crippen LogP contribution in [0.3, 0.4) is 0 Å². The molecule has 0 unspecified atom stereocenters. The summed E-state index contributed by atoms with van der Waals surface area (Å²) in [7, 11) is 0. The first-order chi connectivity index (χ1) is 18.4. The number of fused-ring (bicyclic) bond motifs is 1. The van der Waals surface area contributed by atoms with Gasteiger partial charge in [0.15, 0.2) is 0 Å². The third-order valence-electron chi connectivity index (χ3n) is 7.37. The molecule has 0 N–H and O–H groups in total. The lowest BCUT2D eigenvalue weighted by Gasteiger charge is -2.17. The highest BCUT2D eigenvalue weighted by Gasteiger charge is 2.22. The number of aromatic nitrogens is 2. The minimum atomic E-state index is 0.0357. The van der Waals surface area contributed by atoms with Gasteiger partial charge in [0.25, 0.3) is 11.8 Å². The van der Waals surface area contributed by atoms with Gasteiger partial charge in [0.2, 0.25) is 0 Å². The maximum Gasteiger partial charge on any atom is 0.254 e. The molecule has 2 saturated heterocycles. The monoisotopic (exact) mass is 506 g/mol. The van der Waals surface area contributed by atoms with Crippen molar-refractivity contribution in [3.05, 3.63) is 89.3 Å². The molecule has 2 aromatic carbocycles. The Labute approximate surface area is 224 Å². The second kappa shape index (κ2) is 11.1. The van der Waals surface area contributed by atoms with Crippen molar-refractivity contribution in [1.82, 2.24) is 19.8 Å². The van der Waals surface area contributed by atoms with Crippen LogP contribution < -0.4 is 0 Å². The maximum atomic E-state index is 12.9. The molecule has 6 nitrogen and oxygen atoms in total. The number of aryl methyl sites for hydroxylation is 1. The number of benzene rings is 2. The van der Waals surface area contributed by atoms with E-state index in [2.05, 4.69) is 17.6 Å². The summed E-state index contributed by atoms with van der Waals surface area (Å²) in [6, 6.07) is 12.0. The van der Waals surface area contributed by atoms with Gasteiger partial charge >= 0.3 is 0 Å². The van der Waals surface area contributed by atoms with Crippen LogP contribution in [-0.2, 0) is 4.79 Å². The quantitative estimate of drug-likeness (QED) is 0.305. The van der Waals surface area contributed by atoms with Crippen molar-refractivity contribution < 1.29 is 9.59 Å². The summed E-state index contributed by atoms with van der Waals surface area (Å²) in [5.74, 6) is 0.149. The number of allylic oxidation sites excluding steroid dienone is 2. The predicted molar refractivity (Wildman–Crippen MR) is 153 cm³/mol. The Morgan fingerprint density at radius 2 is 1.68 bits per heavy atom. The fourth-order valence-electron chi connectivity index (χ4n) is 5.25. The van der Waals surface area contributed by atoms with Gasteiger partial charge in [0.1, 0.15) is 0 Å². The smallest absolute Gasteiger partial charge is 0.254 e. The highest BCUT2D eigenvalue weighted by Crippen LogP contribution is 2.29. The number of hydrogen-bond donors (Lipinski definition) is 0. The fraction of sp³-hybridized carbons (Fsp3) is 0.312. The second-order valence-corrected chi connectivity index (χ2v) is 10.2. The zero-order valence-electron chi connectivity index (χ0n) is 22.2. The third-order valence-corrected chi connectivity index (χ3v) is 7.37. The Kier molecular flexibility index (Phi) is 7.50. The van der Waals surface area contributed by atoms with E-state index in [1.165, 1.54) is 0 Å². The average Bonchev–Trinajstić information content (AvgIpc) is 3.65. The molecular weight excluding hydrogens is 472 g/mol. The van der Waals surface area contributed by atoms with Crippen molar-refractivity contribution in [3.8, 4) is 11.1 Å². The van der Waals surface area contributed by atoms with Crippen LogP contribution in [0.2, 0.25) is 0 Å². The molecule has 5 rings (SSSR count). The molecule has 38 heavy (non-hydrogen) atoms. The van der Waals surface area contributed by atoms with Crippen LogP contribution in [0.25, 0.3) is 28.2 Å². The van der Waals surface area contributed by atoms with E-state index in [9.17, 15) is 9.59 Å². The lowest BCUT2D eigenvalue weighted by molar-refractivity contribution is -0.125. The summed E-state index contributed by atoms with van der Waals surface area (Å²) in [4.78, 5) is 39.2. The number of para-hydroxylation sites is 1. The molecule has 0 saturated carbocycles. The van der Waals surface area contributed by atoms with Crippen molar-refractivity contribution in [1.29, 1.82) is 0 Å². The Bertz CT molecular complexity index is 1460. The number of carbonyl (C=O) groups excluding carboxylic acids is 2. The summed E-state index contributed by atoms with van der Waals surface area (Å²) >= 11 is 0. The fourth-order valence-corrected chi connectivity index (χ4v) is 5.25. The van der Waals surface area contributed by atoms with Crippen LogP contribution in [0, 0.1) is 6.92 Å². The van der Waals surface area contributed by atoms with E-state index in [0.29, 0.717) is 11.3 Å². The van der Waals surface area contributed by atoms with Crippen molar-refractivity contribution in [2.75, 3.05) is 26.2 Å². The first kappa shape index (κ1) is 25.6. The van der Waals surface area contributed by atoms with Gasteiger partial charge in [-0.05, 0) is 80.5 Å². The number of hydrogen-bond acceptors (Lipinski definition) is 4. The first-order valence-electron chi connectivity index (χ1n) is 13.4. The highest BCUT2D eigenvalue weighted by molar-refractivity contribution is 5.99. The lowest BCUT2D eigenvalue weighted by Crippen LogP contribution is -2.29. The molecule has 6 heteroatoms. The normalized spacial score (nSPS) is 16.1. The van der Waals surface area contributed by atoms with E-state index >= 15 is 0 Å². The molecule has 2 aliphatic rings. The van der Waals surface area contributed by atoms with E-state index in [1.807, 2.05) is 72.2 Å². The summed E-state index contributed by atoms with van der Waals surface area (Å²) in [6.45, 7) is 11.1. The lowest BCUT2D eigenvalue weighted by atomic mass is 9.98. The number of rotatable bonds is 6. The van der Waals surface area contributed by atoms with Gasteiger partial charge in [0.05, 0.1) is 22.9 Å². The van der Waals surface area contributed by atoms with Crippen LogP contribution in [0.1, 0.15) is 54.2 Å². The average molecular weight is 507 g/mol. The molecule has 3 aromatic rings. The van der Waals surface area contributed by atoms with E-state index < -0.39 is 0 Å². The number of likely N-dealkylation sites (tertiary alicyclic amines) is 2. The van der Waals surface area contributed by atoms with Gasteiger partial charge < -0.3 is 9.80 Å². The first-order valence-corrected chi connectivity index (χ1v) is 13.4. The molecule has 0 spiro atoms. The minimum Gasteiger partial charge on any atom is -0.339 e. The predicted octanol–water partition coefficient (Wildman–Crippen LogP) is 5.98. The SMILES string of the molecule is C=C(C)/C(=C\C=C\c1cnc2cccc(-c3ccc(C(=O)N4CCCC4)c(C)c3)c2n1)C(=O)N1CCCC1. The van der Waals surface area contributed by atoms with E-state index in [4.69, 9.17) is 4.98 Å². The van der Waals surface area contributed by atoms with Gasteiger partial charge in [-0.1, -0.05) is 36.9 Å². The largest absolute Gasteiger partial charge is 0.339 e. The highest BCUT2D eigenvalue weighted by atomic mass is 16.2. The molecular formula is C32H34N4O2. The van der Waals surface area contributed by atoms with E-state index in [-0.39, 0.29) is 11.8 Å². The van der Waals surface area contributed by atoms with E-state index in [1.54, 1.807) is 6.20 Å². The van der Waals surface area contributed by atoms with Gasteiger partial charge in [0, 0.05) is 42.9 Å². The van der Waals surface area contributed by atoms with Crippen LogP contribution in [-0.4, -0.2) is 57.8 Å². The Balaban J connectivity index is 1.43. The molecule has 0 atom stereocenters. The molecule has 3 heterocycles. The van der Waals surface area contributed by atoms with Gasteiger partial charge in [-0.15, -0.1) is 0 Å². The number of nitrogens with zero attached hydrogens (tertiary/aromatic N) is 4. The summed E-state index contributed by atoms with van der Waals surface area (Å²) in [5.41, 5.74) is 7.36. The topological polar surface area (TPSA) is 66.4 Å². The zero-order valence-corrected chi connectivity index (χ0v) is 22.2. The molecule has 1 aromatic heterocycles. The molecule has 194 valence electrons. The van der Waals surface area contributed by atoms with Crippen LogP contribution in [0.4, 0.5) is 0 Å². The van der Waals surface area contributed by atoms with Crippen molar-refractivity contribution in [3.63, 3.8) is 0 Å². The molecule has 0 radical (unpaired) electrons. The number of carbonyl (C=O) groups is 2. The van der Waals surface area contributed by atoms with E-state index in [0.717, 1.165) is 90.7 Å². The Hall–Kier alpha value is -4.06. The number of amides is 2. The van der Waals surface area contributed by atoms with Crippen molar-refractivity contribution in [2.24, 2.45) is 0 Å². The van der Waals surface area contributed by atoms with Crippen LogP contribution in [0.15, 0.2) is 72.5 Å². The summed E-state index contributed by atoms with van der Waals surface area (Å²) < 4.78 is 0. The molecule has 0 bridgehead atoms. The van der Waals surface area contributed by atoms with Gasteiger partial charge in [-0.3, -0.25) is 14.6 Å². The van der Waals surface area contributed by atoms with Crippen LogP contribution in [0.5, 0.6) is 0 Å². The molecule has 2 fully saturated rings. The molecule has 0 aliphatic carbocycles. The maximum absolute atomic E-state index is 12.9. The van der Waals surface area contributed by atoms with Gasteiger partial charge in [-0.25, -0.2) is 4.98 Å². The van der Waals surface area contributed by atoms with Crippen molar-refractivity contribution >= 4 is 28.9 Å². The summed E-state index contributed by atoms with van der Waals surface area (Å²) in [6.07, 6.45) is 11.5. The van der Waals surface area contributed by atoms with Crippen molar-refractivity contribution in [2.45, 2.75) is 39.5 Å².